The second-order valence-corrected chi connectivity index (χ2v) is 4.37. The van der Waals surface area contributed by atoms with E-state index in [-0.39, 0.29) is 18.4 Å². The summed E-state index contributed by atoms with van der Waals surface area (Å²) in [6.45, 7) is 4.67. The van der Waals surface area contributed by atoms with Crippen molar-refractivity contribution >= 4 is 12.4 Å². The van der Waals surface area contributed by atoms with Gasteiger partial charge in [0.15, 0.2) is 0 Å². The quantitative estimate of drug-likeness (QED) is 0.909. The van der Waals surface area contributed by atoms with E-state index in [0.29, 0.717) is 6.61 Å². The smallest absolute Gasteiger partial charge is 0.119 e. The summed E-state index contributed by atoms with van der Waals surface area (Å²) in [7, 11) is 0. The molecular formula is C16H20ClNO. The average Bonchev–Trinajstić information content (AvgIpc) is 2.39. The van der Waals surface area contributed by atoms with Crippen molar-refractivity contribution in [3.05, 3.63) is 54.1 Å². The Morgan fingerprint density at radius 2 is 1.68 bits per heavy atom. The maximum absolute atomic E-state index is 5.91. The van der Waals surface area contributed by atoms with E-state index in [1.165, 1.54) is 5.56 Å². The summed E-state index contributed by atoms with van der Waals surface area (Å²) < 4.78 is 5.52. The van der Waals surface area contributed by atoms with Gasteiger partial charge in [-0.05, 0) is 48.7 Å². The zero-order valence-electron chi connectivity index (χ0n) is 11.3. The van der Waals surface area contributed by atoms with E-state index in [4.69, 9.17) is 10.5 Å². The van der Waals surface area contributed by atoms with E-state index in [1.54, 1.807) is 0 Å². The molecule has 0 radical (unpaired) electrons. The minimum atomic E-state index is 0. The molecule has 2 rings (SSSR count). The number of hydrogen-bond acceptors (Lipinski definition) is 2. The van der Waals surface area contributed by atoms with Gasteiger partial charge in [-0.3, -0.25) is 0 Å². The van der Waals surface area contributed by atoms with Gasteiger partial charge in [0, 0.05) is 6.04 Å². The van der Waals surface area contributed by atoms with Gasteiger partial charge >= 0.3 is 0 Å². The molecule has 0 aliphatic rings. The average molecular weight is 278 g/mol. The lowest BCUT2D eigenvalue weighted by Gasteiger charge is -2.10. The van der Waals surface area contributed by atoms with Crippen LogP contribution >= 0.6 is 12.4 Å². The number of rotatable bonds is 4. The van der Waals surface area contributed by atoms with Crippen LogP contribution in [-0.4, -0.2) is 6.61 Å². The number of ether oxygens (including phenoxy) is 1. The number of hydrogen-bond donors (Lipinski definition) is 1. The monoisotopic (exact) mass is 277 g/mol. The number of nitrogens with two attached hydrogens (primary N) is 1. The minimum Gasteiger partial charge on any atom is -0.494 e. The minimum absolute atomic E-state index is 0. The van der Waals surface area contributed by atoms with E-state index in [0.717, 1.165) is 16.9 Å². The summed E-state index contributed by atoms with van der Waals surface area (Å²) >= 11 is 0. The van der Waals surface area contributed by atoms with Crippen LogP contribution in [0.25, 0.3) is 11.1 Å². The summed E-state index contributed by atoms with van der Waals surface area (Å²) in [6.07, 6.45) is 0. The molecule has 2 aromatic carbocycles. The number of halogens is 1. The van der Waals surface area contributed by atoms with Crippen molar-refractivity contribution in [2.24, 2.45) is 5.73 Å². The third-order valence-corrected chi connectivity index (χ3v) is 2.89. The molecular weight excluding hydrogens is 258 g/mol. The van der Waals surface area contributed by atoms with Gasteiger partial charge in [-0.1, -0.05) is 30.3 Å². The molecule has 0 saturated carbocycles. The molecule has 0 bridgehead atoms. The first kappa shape index (κ1) is 15.5. The molecule has 1 atom stereocenters. The summed E-state index contributed by atoms with van der Waals surface area (Å²) in [4.78, 5) is 0. The van der Waals surface area contributed by atoms with Crippen molar-refractivity contribution in [1.82, 2.24) is 0 Å². The van der Waals surface area contributed by atoms with Crippen LogP contribution < -0.4 is 10.5 Å². The van der Waals surface area contributed by atoms with Gasteiger partial charge in [-0.15, -0.1) is 12.4 Å². The summed E-state index contributed by atoms with van der Waals surface area (Å²) in [5, 5.41) is 0. The van der Waals surface area contributed by atoms with Gasteiger partial charge in [0.25, 0.3) is 0 Å². The molecule has 102 valence electrons. The van der Waals surface area contributed by atoms with Crippen LogP contribution in [0.4, 0.5) is 0 Å². The molecule has 0 fully saturated rings. The fourth-order valence-electron chi connectivity index (χ4n) is 1.93. The molecule has 0 aromatic heterocycles. The normalized spacial score (nSPS) is 11.5. The lowest BCUT2D eigenvalue weighted by molar-refractivity contribution is 0.340. The van der Waals surface area contributed by atoms with Gasteiger partial charge in [0.05, 0.1) is 6.61 Å². The van der Waals surface area contributed by atoms with Crippen LogP contribution in [0.2, 0.25) is 0 Å². The molecule has 0 aliphatic carbocycles. The first-order valence-corrected chi connectivity index (χ1v) is 6.29. The Hall–Kier alpha value is -1.51. The van der Waals surface area contributed by atoms with Gasteiger partial charge in [0.2, 0.25) is 0 Å². The van der Waals surface area contributed by atoms with E-state index in [2.05, 4.69) is 30.3 Å². The van der Waals surface area contributed by atoms with Gasteiger partial charge in [-0.25, -0.2) is 0 Å². The van der Waals surface area contributed by atoms with Crippen molar-refractivity contribution in [1.29, 1.82) is 0 Å². The largest absolute Gasteiger partial charge is 0.494 e. The highest BCUT2D eigenvalue weighted by Crippen LogP contribution is 2.25. The fraction of sp³-hybridized carbons (Fsp3) is 0.250. The maximum atomic E-state index is 5.91. The first-order valence-electron chi connectivity index (χ1n) is 6.29. The summed E-state index contributed by atoms with van der Waals surface area (Å²) in [5.74, 6) is 0.904. The highest BCUT2D eigenvalue weighted by Gasteiger charge is 2.03. The van der Waals surface area contributed by atoms with Crippen LogP contribution in [0.1, 0.15) is 25.5 Å². The Labute approximate surface area is 121 Å². The van der Waals surface area contributed by atoms with Crippen LogP contribution in [0.5, 0.6) is 5.75 Å². The molecule has 0 spiro atoms. The van der Waals surface area contributed by atoms with Crippen molar-refractivity contribution in [3.63, 3.8) is 0 Å². The SMILES string of the molecule is CCOc1cccc(-c2cccc([C@H](C)N)c2)c1.Cl. The lowest BCUT2D eigenvalue weighted by Crippen LogP contribution is -2.04. The molecule has 0 saturated heterocycles. The molecule has 0 aliphatic heterocycles. The van der Waals surface area contributed by atoms with Crippen molar-refractivity contribution < 1.29 is 4.74 Å². The second kappa shape index (κ2) is 7.17. The Morgan fingerprint density at radius 3 is 2.32 bits per heavy atom. The fourth-order valence-corrected chi connectivity index (χ4v) is 1.93. The Kier molecular flexibility index (Phi) is 5.87. The third-order valence-electron chi connectivity index (χ3n) is 2.89. The molecule has 2 N–H and O–H groups in total. The number of benzene rings is 2. The van der Waals surface area contributed by atoms with Crippen LogP contribution in [0.15, 0.2) is 48.5 Å². The van der Waals surface area contributed by atoms with E-state index >= 15 is 0 Å². The van der Waals surface area contributed by atoms with E-state index < -0.39 is 0 Å². The molecule has 3 heteroatoms. The van der Waals surface area contributed by atoms with E-state index in [1.807, 2.05) is 32.0 Å². The second-order valence-electron chi connectivity index (χ2n) is 4.37. The van der Waals surface area contributed by atoms with Crippen LogP contribution in [0, 0.1) is 0 Å². The zero-order valence-corrected chi connectivity index (χ0v) is 12.1. The zero-order chi connectivity index (χ0) is 13.0. The van der Waals surface area contributed by atoms with Crippen LogP contribution in [-0.2, 0) is 0 Å². The lowest BCUT2D eigenvalue weighted by atomic mass is 10.0. The van der Waals surface area contributed by atoms with Crippen LogP contribution in [0.3, 0.4) is 0 Å². The molecule has 2 aromatic rings. The highest BCUT2D eigenvalue weighted by atomic mass is 35.5. The van der Waals surface area contributed by atoms with Gasteiger partial charge in [-0.2, -0.15) is 0 Å². The molecule has 0 heterocycles. The Balaban J connectivity index is 0.00000180. The van der Waals surface area contributed by atoms with Crippen molar-refractivity contribution in [3.8, 4) is 16.9 Å². The standard InChI is InChI=1S/C16H19NO.ClH/c1-3-18-16-9-5-8-15(11-16)14-7-4-6-13(10-14)12(2)17;/h4-12H,3,17H2,1-2H3;1H/t12-;/m0./s1. The molecule has 2 nitrogen and oxygen atoms in total. The van der Waals surface area contributed by atoms with Gasteiger partial charge in [0.1, 0.15) is 5.75 Å². The van der Waals surface area contributed by atoms with Gasteiger partial charge < -0.3 is 10.5 Å². The summed E-state index contributed by atoms with van der Waals surface area (Å²) in [5.41, 5.74) is 9.39. The summed E-state index contributed by atoms with van der Waals surface area (Å²) in [6, 6.07) is 16.5. The van der Waals surface area contributed by atoms with Crippen molar-refractivity contribution in [2.75, 3.05) is 6.61 Å². The highest BCUT2D eigenvalue weighted by molar-refractivity contribution is 5.85. The van der Waals surface area contributed by atoms with Crippen molar-refractivity contribution in [2.45, 2.75) is 19.9 Å². The van der Waals surface area contributed by atoms with E-state index in [9.17, 15) is 0 Å². The first-order chi connectivity index (χ1) is 8.70. The predicted octanol–water partition coefficient (Wildman–Crippen LogP) is 4.19. The predicted molar refractivity (Wildman–Crippen MR) is 82.9 cm³/mol. The topological polar surface area (TPSA) is 35.2 Å². The Bertz CT molecular complexity index is 526. The molecule has 0 unspecified atom stereocenters. The molecule has 19 heavy (non-hydrogen) atoms. The molecule has 0 amide bonds. The third kappa shape index (κ3) is 3.98. The maximum Gasteiger partial charge on any atom is 0.119 e. The Morgan fingerprint density at radius 1 is 1.05 bits per heavy atom.